The molecule has 2 heterocycles. The number of nitrogens with zero attached hydrogens (tertiary/aromatic N) is 1. The van der Waals surface area contributed by atoms with E-state index in [1.807, 2.05) is 0 Å². The molecule has 0 aromatic rings. The molecule has 0 saturated carbocycles. The highest BCUT2D eigenvalue weighted by atomic mass is 32.2. The summed E-state index contributed by atoms with van der Waals surface area (Å²) in [6.07, 6.45) is 1.85. The van der Waals surface area contributed by atoms with Crippen LogP contribution >= 0.6 is 0 Å². The summed E-state index contributed by atoms with van der Waals surface area (Å²) in [4.78, 5) is 13.6. The van der Waals surface area contributed by atoms with Gasteiger partial charge in [-0.3, -0.25) is 9.00 Å². The van der Waals surface area contributed by atoms with Crippen molar-refractivity contribution in [2.75, 3.05) is 45.3 Å². The lowest BCUT2D eigenvalue weighted by molar-refractivity contribution is -0.132. The molecule has 2 atom stereocenters. The first-order valence-electron chi connectivity index (χ1n) is 6.08. The normalized spacial score (nSPS) is 27.8. The summed E-state index contributed by atoms with van der Waals surface area (Å²) in [5.41, 5.74) is 0. The Morgan fingerprint density at radius 3 is 2.65 bits per heavy atom. The number of carbonyl (C=O) groups is 1. The van der Waals surface area contributed by atoms with E-state index in [2.05, 4.69) is 0 Å². The maximum Gasteiger partial charge on any atom is 0.235 e. The molecule has 98 valence electrons. The molecular formula is C11H19NO4S. The lowest BCUT2D eigenvalue weighted by Crippen LogP contribution is -2.44. The van der Waals surface area contributed by atoms with Crippen LogP contribution in [-0.2, 0) is 25.1 Å². The van der Waals surface area contributed by atoms with Gasteiger partial charge >= 0.3 is 0 Å². The molecule has 0 spiro atoms. The Morgan fingerprint density at radius 2 is 2.00 bits per heavy atom. The van der Waals surface area contributed by atoms with Crippen molar-refractivity contribution < 1.29 is 18.5 Å². The monoisotopic (exact) mass is 261 g/mol. The van der Waals surface area contributed by atoms with Crippen molar-refractivity contribution in [1.82, 2.24) is 4.90 Å². The molecule has 2 unspecified atom stereocenters. The van der Waals surface area contributed by atoms with Crippen molar-refractivity contribution in [3.05, 3.63) is 0 Å². The van der Waals surface area contributed by atoms with E-state index in [0.717, 1.165) is 19.4 Å². The molecule has 0 aliphatic carbocycles. The molecule has 6 heteroatoms. The minimum Gasteiger partial charge on any atom is -0.380 e. The number of hydrogen-bond acceptors (Lipinski definition) is 4. The van der Waals surface area contributed by atoms with Gasteiger partial charge in [-0.05, 0) is 12.8 Å². The zero-order chi connectivity index (χ0) is 12.1. The molecule has 0 radical (unpaired) electrons. The average molecular weight is 261 g/mol. The summed E-state index contributed by atoms with van der Waals surface area (Å²) < 4.78 is 22.5. The summed E-state index contributed by atoms with van der Waals surface area (Å²) in [6, 6.07) is 0. The molecule has 2 aliphatic rings. The SMILES string of the molecule is O=C(CS(=O)C1CCCOC1)N1CCOCC1. The Labute approximate surface area is 104 Å². The van der Waals surface area contributed by atoms with Crippen LogP contribution in [0, 0.1) is 0 Å². The van der Waals surface area contributed by atoms with E-state index >= 15 is 0 Å². The van der Waals surface area contributed by atoms with Gasteiger partial charge in [0, 0.05) is 30.5 Å². The van der Waals surface area contributed by atoms with E-state index in [1.54, 1.807) is 4.90 Å². The Hall–Kier alpha value is -0.460. The summed E-state index contributed by atoms with van der Waals surface area (Å²) in [7, 11) is -1.10. The number of rotatable bonds is 3. The number of carbonyl (C=O) groups excluding carboxylic acids is 1. The number of morpholine rings is 1. The molecule has 0 aromatic carbocycles. The lowest BCUT2D eigenvalue weighted by atomic mass is 10.2. The molecule has 2 fully saturated rings. The molecule has 17 heavy (non-hydrogen) atoms. The van der Waals surface area contributed by atoms with E-state index in [0.29, 0.717) is 32.9 Å². The standard InChI is InChI=1S/C11H19NO4S/c13-11(12-3-6-15-7-4-12)9-17(14)10-2-1-5-16-8-10/h10H,1-9H2. The minimum absolute atomic E-state index is 0.0165. The van der Waals surface area contributed by atoms with Crippen LogP contribution in [-0.4, -0.2) is 65.5 Å². The summed E-state index contributed by atoms with van der Waals surface area (Å²) in [5, 5.41) is 0.0359. The Balaban J connectivity index is 1.78. The molecule has 2 rings (SSSR count). The zero-order valence-electron chi connectivity index (χ0n) is 9.93. The Bertz CT molecular complexity index is 257. The van der Waals surface area contributed by atoms with Crippen LogP contribution in [0.1, 0.15) is 12.8 Å². The van der Waals surface area contributed by atoms with E-state index in [4.69, 9.17) is 9.47 Å². The quantitative estimate of drug-likeness (QED) is 0.704. The predicted molar refractivity (Wildman–Crippen MR) is 64.2 cm³/mol. The van der Waals surface area contributed by atoms with Gasteiger partial charge < -0.3 is 14.4 Å². The molecule has 0 N–H and O–H groups in total. The predicted octanol–water partition coefficient (Wildman–Crippen LogP) is -0.227. The van der Waals surface area contributed by atoms with Crippen molar-refractivity contribution in [2.24, 2.45) is 0 Å². The van der Waals surface area contributed by atoms with E-state index in [-0.39, 0.29) is 16.9 Å². The van der Waals surface area contributed by atoms with Gasteiger partial charge in [0.2, 0.25) is 5.91 Å². The first-order chi connectivity index (χ1) is 8.27. The third kappa shape index (κ3) is 3.76. The summed E-state index contributed by atoms with van der Waals surface area (Å²) in [6.45, 7) is 3.71. The number of hydrogen-bond donors (Lipinski definition) is 0. The fourth-order valence-electron chi connectivity index (χ4n) is 2.06. The van der Waals surface area contributed by atoms with Gasteiger partial charge in [-0.15, -0.1) is 0 Å². The van der Waals surface area contributed by atoms with Crippen LogP contribution in [0.4, 0.5) is 0 Å². The third-order valence-corrected chi connectivity index (χ3v) is 4.77. The van der Waals surface area contributed by atoms with Crippen molar-refractivity contribution in [1.29, 1.82) is 0 Å². The van der Waals surface area contributed by atoms with Crippen molar-refractivity contribution in [3.63, 3.8) is 0 Å². The molecule has 0 aromatic heterocycles. The lowest BCUT2D eigenvalue weighted by Gasteiger charge is -2.28. The van der Waals surface area contributed by atoms with Crippen LogP contribution in [0.25, 0.3) is 0 Å². The van der Waals surface area contributed by atoms with E-state index < -0.39 is 10.8 Å². The molecular weight excluding hydrogens is 242 g/mol. The van der Waals surface area contributed by atoms with Crippen LogP contribution in [0.15, 0.2) is 0 Å². The second-order valence-electron chi connectivity index (χ2n) is 4.36. The van der Waals surface area contributed by atoms with Gasteiger partial charge in [-0.2, -0.15) is 0 Å². The maximum atomic E-state index is 12.0. The third-order valence-electron chi connectivity index (χ3n) is 3.12. The van der Waals surface area contributed by atoms with Gasteiger partial charge in [0.25, 0.3) is 0 Å². The molecule has 2 aliphatic heterocycles. The van der Waals surface area contributed by atoms with Gasteiger partial charge in [-0.1, -0.05) is 0 Å². The molecule has 1 amide bonds. The van der Waals surface area contributed by atoms with Crippen molar-refractivity contribution >= 4 is 16.7 Å². The van der Waals surface area contributed by atoms with Gasteiger partial charge in [0.1, 0.15) is 5.75 Å². The molecule has 0 bridgehead atoms. The highest BCUT2D eigenvalue weighted by molar-refractivity contribution is 7.86. The Kier molecular flexibility index (Phi) is 4.94. The van der Waals surface area contributed by atoms with E-state index in [9.17, 15) is 9.00 Å². The van der Waals surface area contributed by atoms with Gasteiger partial charge in [0.05, 0.1) is 25.1 Å². The molecule has 5 nitrogen and oxygen atoms in total. The van der Waals surface area contributed by atoms with Crippen LogP contribution in [0.3, 0.4) is 0 Å². The van der Waals surface area contributed by atoms with Crippen LogP contribution in [0.5, 0.6) is 0 Å². The number of amides is 1. The first kappa shape index (κ1) is 13.0. The summed E-state index contributed by atoms with van der Waals surface area (Å²) in [5.74, 6) is 0.116. The number of ether oxygens (including phenoxy) is 2. The second kappa shape index (κ2) is 6.47. The van der Waals surface area contributed by atoms with Crippen molar-refractivity contribution in [2.45, 2.75) is 18.1 Å². The highest BCUT2D eigenvalue weighted by Crippen LogP contribution is 2.13. The van der Waals surface area contributed by atoms with E-state index in [1.165, 1.54) is 0 Å². The highest BCUT2D eigenvalue weighted by Gasteiger charge is 2.25. The van der Waals surface area contributed by atoms with Crippen LogP contribution in [0.2, 0.25) is 0 Å². The fourth-order valence-corrected chi connectivity index (χ4v) is 3.40. The fraction of sp³-hybridized carbons (Fsp3) is 0.909. The van der Waals surface area contributed by atoms with Gasteiger partial charge in [-0.25, -0.2) is 0 Å². The zero-order valence-corrected chi connectivity index (χ0v) is 10.7. The average Bonchev–Trinajstić information content (AvgIpc) is 2.40. The smallest absolute Gasteiger partial charge is 0.235 e. The summed E-state index contributed by atoms with van der Waals surface area (Å²) >= 11 is 0. The second-order valence-corrected chi connectivity index (χ2v) is 6.07. The van der Waals surface area contributed by atoms with Crippen LogP contribution < -0.4 is 0 Å². The molecule has 2 saturated heterocycles. The van der Waals surface area contributed by atoms with Crippen molar-refractivity contribution in [3.8, 4) is 0 Å². The maximum absolute atomic E-state index is 12.0. The Morgan fingerprint density at radius 1 is 1.24 bits per heavy atom. The van der Waals surface area contributed by atoms with Gasteiger partial charge in [0.15, 0.2) is 0 Å². The first-order valence-corrected chi connectivity index (χ1v) is 7.46. The minimum atomic E-state index is -1.10. The topological polar surface area (TPSA) is 55.8 Å². The largest absolute Gasteiger partial charge is 0.380 e.